The number of halogens is 5. The third kappa shape index (κ3) is 6.74. The Morgan fingerprint density at radius 3 is 2.42 bits per heavy atom. The quantitative estimate of drug-likeness (QED) is 0.168. The number of benzene rings is 3. The lowest BCUT2D eigenvalue weighted by Crippen LogP contribution is -2.17. The molecule has 36 heavy (non-hydrogen) atoms. The third-order valence-electron chi connectivity index (χ3n) is 4.50. The summed E-state index contributed by atoms with van der Waals surface area (Å²) in [7, 11) is 0. The number of hydrogen-bond donors (Lipinski definition) is 1. The van der Waals surface area contributed by atoms with Crippen LogP contribution >= 0.6 is 23.2 Å². The number of amides is 1. The van der Waals surface area contributed by atoms with Gasteiger partial charge in [-0.2, -0.15) is 0 Å². The second kappa shape index (κ2) is 10.7. The predicted molar refractivity (Wildman–Crippen MR) is 128 cm³/mol. The van der Waals surface area contributed by atoms with E-state index in [1.807, 2.05) is 0 Å². The van der Waals surface area contributed by atoms with Gasteiger partial charge in [-0.05, 0) is 48.0 Å². The Hall–Kier alpha value is -4.09. The SMILES string of the molecule is O=C(Nc1ccc(Cl)cc1Cl)O/N=C/c1ccc(-c2ncn(-c3ccc(OC(F)(F)F)cc3)n2)cc1. The van der Waals surface area contributed by atoms with E-state index in [0.717, 1.165) is 0 Å². The fraction of sp³-hybridized carbons (Fsp3) is 0.0435. The summed E-state index contributed by atoms with van der Waals surface area (Å²) < 4.78 is 42.2. The molecule has 4 aromatic rings. The maximum absolute atomic E-state index is 12.3. The molecule has 1 aromatic heterocycles. The maximum atomic E-state index is 12.3. The van der Waals surface area contributed by atoms with Crippen LogP contribution in [-0.2, 0) is 4.84 Å². The molecular weight excluding hydrogens is 522 g/mol. The van der Waals surface area contributed by atoms with E-state index in [4.69, 9.17) is 28.0 Å². The fourth-order valence-corrected chi connectivity index (χ4v) is 3.35. The minimum atomic E-state index is -4.76. The van der Waals surface area contributed by atoms with Gasteiger partial charge in [0.2, 0.25) is 0 Å². The van der Waals surface area contributed by atoms with Crippen LogP contribution in [0.25, 0.3) is 17.1 Å². The average molecular weight is 536 g/mol. The van der Waals surface area contributed by atoms with E-state index >= 15 is 0 Å². The van der Waals surface area contributed by atoms with E-state index in [9.17, 15) is 18.0 Å². The van der Waals surface area contributed by atoms with Crippen molar-refractivity contribution in [3.63, 3.8) is 0 Å². The number of alkyl halides is 3. The summed E-state index contributed by atoms with van der Waals surface area (Å²) in [4.78, 5) is 20.9. The van der Waals surface area contributed by atoms with Crippen LogP contribution < -0.4 is 10.1 Å². The predicted octanol–water partition coefficient (Wildman–Crippen LogP) is 6.72. The minimum Gasteiger partial charge on any atom is -0.406 e. The van der Waals surface area contributed by atoms with Gasteiger partial charge in [0.1, 0.15) is 12.1 Å². The van der Waals surface area contributed by atoms with Crippen LogP contribution in [0.15, 0.2) is 78.2 Å². The van der Waals surface area contributed by atoms with Crippen molar-refractivity contribution >= 4 is 41.2 Å². The highest BCUT2D eigenvalue weighted by Gasteiger charge is 2.31. The van der Waals surface area contributed by atoms with Crippen LogP contribution in [0.1, 0.15) is 5.56 Å². The van der Waals surface area contributed by atoms with Crippen molar-refractivity contribution < 1.29 is 27.5 Å². The van der Waals surface area contributed by atoms with Crippen molar-refractivity contribution in [1.82, 2.24) is 14.8 Å². The molecule has 0 bridgehead atoms. The number of rotatable bonds is 6. The van der Waals surface area contributed by atoms with E-state index in [0.29, 0.717) is 33.3 Å². The summed E-state index contributed by atoms with van der Waals surface area (Å²) in [6.07, 6.45) is -2.82. The molecule has 0 saturated heterocycles. The molecule has 0 atom stereocenters. The first-order valence-corrected chi connectivity index (χ1v) is 10.8. The maximum Gasteiger partial charge on any atom is 0.573 e. The van der Waals surface area contributed by atoms with E-state index in [2.05, 4.69) is 25.3 Å². The van der Waals surface area contributed by atoms with Gasteiger partial charge in [0.05, 0.1) is 22.6 Å². The zero-order valence-electron chi connectivity index (χ0n) is 17.9. The number of anilines is 1. The normalized spacial score (nSPS) is 11.5. The van der Waals surface area contributed by atoms with Crippen LogP contribution in [0.3, 0.4) is 0 Å². The first-order valence-electron chi connectivity index (χ1n) is 10.0. The first-order chi connectivity index (χ1) is 17.2. The molecule has 1 N–H and O–H groups in total. The molecule has 0 aliphatic carbocycles. The van der Waals surface area contributed by atoms with Gasteiger partial charge in [0.15, 0.2) is 5.82 Å². The number of carbonyl (C=O) groups is 1. The zero-order chi connectivity index (χ0) is 25.7. The van der Waals surface area contributed by atoms with Crippen molar-refractivity contribution in [3.05, 3.63) is 88.7 Å². The number of ether oxygens (including phenoxy) is 1. The van der Waals surface area contributed by atoms with Gasteiger partial charge in [-0.3, -0.25) is 10.2 Å². The molecule has 13 heteroatoms. The molecule has 1 heterocycles. The topological polar surface area (TPSA) is 90.6 Å². The highest BCUT2D eigenvalue weighted by molar-refractivity contribution is 6.36. The minimum absolute atomic E-state index is 0.252. The van der Waals surface area contributed by atoms with Gasteiger partial charge in [0, 0.05) is 10.6 Å². The smallest absolute Gasteiger partial charge is 0.406 e. The number of hydrogen-bond acceptors (Lipinski definition) is 6. The van der Waals surface area contributed by atoms with Crippen molar-refractivity contribution in [2.75, 3.05) is 5.32 Å². The average Bonchev–Trinajstić information content (AvgIpc) is 3.31. The molecule has 184 valence electrons. The van der Waals surface area contributed by atoms with Crippen molar-refractivity contribution in [2.45, 2.75) is 6.36 Å². The van der Waals surface area contributed by atoms with Crippen molar-refractivity contribution in [3.8, 4) is 22.8 Å². The zero-order valence-corrected chi connectivity index (χ0v) is 19.4. The molecule has 3 aromatic carbocycles. The van der Waals surface area contributed by atoms with Crippen LogP contribution in [0, 0.1) is 0 Å². The monoisotopic (exact) mass is 535 g/mol. The van der Waals surface area contributed by atoms with E-state index in [1.54, 1.807) is 30.3 Å². The highest BCUT2D eigenvalue weighted by Crippen LogP contribution is 2.26. The molecule has 8 nitrogen and oxygen atoms in total. The molecule has 0 aliphatic rings. The number of nitrogens with one attached hydrogen (secondary N) is 1. The van der Waals surface area contributed by atoms with Crippen molar-refractivity contribution in [1.29, 1.82) is 0 Å². The summed E-state index contributed by atoms with van der Waals surface area (Å²) in [5.41, 5.74) is 2.14. The number of carbonyl (C=O) groups excluding carboxylic acids is 1. The first kappa shape index (κ1) is 25.0. The lowest BCUT2D eigenvalue weighted by Gasteiger charge is -2.09. The van der Waals surface area contributed by atoms with E-state index < -0.39 is 12.5 Å². The number of aromatic nitrogens is 3. The molecule has 0 fully saturated rings. The molecule has 0 unspecified atom stereocenters. The second-order valence-corrected chi connectivity index (χ2v) is 7.88. The lowest BCUT2D eigenvalue weighted by atomic mass is 10.1. The Morgan fingerprint density at radius 1 is 1.03 bits per heavy atom. The van der Waals surface area contributed by atoms with Gasteiger partial charge in [0.25, 0.3) is 0 Å². The second-order valence-electron chi connectivity index (χ2n) is 7.04. The van der Waals surface area contributed by atoms with Gasteiger partial charge < -0.3 is 4.74 Å². The molecule has 0 spiro atoms. The Labute approximate surface area is 211 Å². The Bertz CT molecular complexity index is 1390. The van der Waals surface area contributed by atoms with E-state index in [-0.39, 0.29) is 10.8 Å². The number of oxime groups is 1. The highest BCUT2D eigenvalue weighted by atomic mass is 35.5. The molecule has 1 amide bonds. The Balaban J connectivity index is 1.34. The summed E-state index contributed by atoms with van der Waals surface area (Å²) in [5, 5.41) is 11.1. The van der Waals surface area contributed by atoms with Gasteiger partial charge in [-0.1, -0.05) is 52.6 Å². The van der Waals surface area contributed by atoms with Gasteiger partial charge in [-0.25, -0.2) is 14.5 Å². The largest absolute Gasteiger partial charge is 0.573 e. The Morgan fingerprint density at radius 2 is 1.75 bits per heavy atom. The molecule has 4 rings (SSSR count). The van der Waals surface area contributed by atoms with Gasteiger partial charge >= 0.3 is 12.5 Å². The molecule has 0 radical (unpaired) electrons. The van der Waals surface area contributed by atoms with Crippen LogP contribution in [0.5, 0.6) is 5.75 Å². The molecule has 0 saturated carbocycles. The lowest BCUT2D eigenvalue weighted by molar-refractivity contribution is -0.274. The van der Waals surface area contributed by atoms with Crippen LogP contribution in [0.2, 0.25) is 10.0 Å². The molecular formula is C23H14Cl2F3N5O3. The van der Waals surface area contributed by atoms with Crippen LogP contribution in [-0.4, -0.2) is 33.4 Å². The van der Waals surface area contributed by atoms with Crippen molar-refractivity contribution in [2.24, 2.45) is 5.16 Å². The van der Waals surface area contributed by atoms with Gasteiger partial charge in [-0.15, -0.1) is 18.3 Å². The summed E-state index contributed by atoms with van der Waals surface area (Å²) in [6, 6.07) is 16.7. The summed E-state index contributed by atoms with van der Waals surface area (Å²) >= 11 is 11.8. The third-order valence-corrected chi connectivity index (χ3v) is 5.05. The molecule has 0 aliphatic heterocycles. The Kier molecular flexibility index (Phi) is 7.41. The number of nitrogens with zero attached hydrogens (tertiary/aromatic N) is 4. The summed E-state index contributed by atoms with van der Waals surface area (Å²) in [5.74, 6) is 0.0589. The summed E-state index contributed by atoms with van der Waals surface area (Å²) in [6.45, 7) is 0. The fourth-order valence-electron chi connectivity index (χ4n) is 2.90. The van der Waals surface area contributed by atoms with Crippen LogP contribution in [0.4, 0.5) is 23.7 Å². The van der Waals surface area contributed by atoms with E-state index in [1.165, 1.54) is 53.6 Å². The standard InChI is InChI=1S/C23H14Cl2F3N5O3/c24-16-5-10-20(19(25)11-16)31-22(34)36-30-12-14-1-3-15(4-2-14)21-29-13-33(32-21)17-6-8-18(9-7-17)35-23(26,27)28/h1-13H,(H,31,34)/b30-12+.